The Morgan fingerprint density at radius 3 is 2.67 bits per heavy atom. The Kier molecular flexibility index (Phi) is 3.29. The highest BCUT2D eigenvalue weighted by molar-refractivity contribution is 6.12. The Bertz CT molecular complexity index is 448. The van der Waals surface area contributed by atoms with Gasteiger partial charge in [0.2, 0.25) is 12.0 Å². The van der Waals surface area contributed by atoms with Crippen LogP contribution in [0.15, 0.2) is 24.3 Å². The lowest BCUT2D eigenvalue weighted by molar-refractivity contribution is -0.120. The molecule has 0 N–H and O–H groups in total. The van der Waals surface area contributed by atoms with Crippen LogP contribution in [-0.2, 0) is 4.79 Å². The maximum atomic E-state index is 13.1. The van der Waals surface area contributed by atoms with Crippen LogP contribution >= 0.6 is 0 Å². The number of hydrogen-bond donors (Lipinski definition) is 0. The number of nitriles is 1. The maximum absolute atomic E-state index is 13.1. The predicted octanol–water partition coefficient (Wildman–Crippen LogP) is 1.67. The molecule has 0 aliphatic heterocycles. The first-order valence-corrected chi connectivity index (χ1v) is 4.25. The zero-order chi connectivity index (χ0) is 11.4. The Morgan fingerprint density at radius 2 is 2.13 bits per heavy atom. The second-order valence-corrected chi connectivity index (χ2v) is 3.03. The predicted molar refractivity (Wildman–Crippen MR) is 51.1 cm³/mol. The molecule has 0 amide bonds. The van der Waals surface area contributed by atoms with Gasteiger partial charge in [-0.25, -0.2) is 4.39 Å². The molecule has 15 heavy (non-hydrogen) atoms. The van der Waals surface area contributed by atoms with E-state index in [1.54, 1.807) is 0 Å². The molecule has 0 fully saturated rings. The number of rotatable bonds is 3. The fraction of sp³-hybridized carbons (Fsp3) is 0.182. The first-order chi connectivity index (χ1) is 7.06. The first kappa shape index (κ1) is 11.1. The number of carbonyl (C=O) groups is 2. The van der Waals surface area contributed by atoms with Gasteiger partial charge in [-0.2, -0.15) is 5.26 Å². The van der Waals surface area contributed by atoms with Crippen molar-refractivity contribution in [3.05, 3.63) is 35.4 Å². The zero-order valence-corrected chi connectivity index (χ0v) is 8.03. The summed E-state index contributed by atoms with van der Waals surface area (Å²) in [5.41, 5.74) is 0.299. The summed E-state index contributed by atoms with van der Waals surface area (Å²) in [7, 11) is 0. The normalized spacial score (nSPS) is 11.5. The second-order valence-electron chi connectivity index (χ2n) is 3.03. The Balaban J connectivity index is 3.02. The Morgan fingerprint density at radius 1 is 1.47 bits per heavy atom. The molecule has 3 nitrogen and oxygen atoms in total. The average Bonchev–Trinajstić information content (AvgIpc) is 2.27. The van der Waals surface area contributed by atoms with Gasteiger partial charge in [-0.15, -0.1) is 0 Å². The molecule has 1 unspecified atom stereocenters. The summed E-state index contributed by atoms with van der Waals surface area (Å²) in [6.07, 6.45) is -2.14. The zero-order valence-electron chi connectivity index (χ0n) is 8.03. The molecule has 4 heteroatoms. The third-order valence-electron chi connectivity index (χ3n) is 1.86. The van der Waals surface area contributed by atoms with E-state index in [9.17, 15) is 14.0 Å². The number of nitrogens with zero attached hydrogens (tertiary/aromatic N) is 1. The second kappa shape index (κ2) is 4.47. The number of benzene rings is 1. The molecular formula is C11H8FNO2. The molecule has 0 bridgehead atoms. The number of hydrogen-bond acceptors (Lipinski definition) is 3. The summed E-state index contributed by atoms with van der Waals surface area (Å²) >= 11 is 0. The molecule has 0 aliphatic carbocycles. The highest BCUT2D eigenvalue weighted by Crippen LogP contribution is 2.09. The summed E-state index contributed by atoms with van der Waals surface area (Å²) in [5.74, 6) is -1.73. The van der Waals surface area contributed by atoms with Crippen LogP contribution in [0.25, 0.3) is 0 Å². The fourth-order valence-electron chi connectivity index (χ4n) is 1.07. The van der Waals surface area contributed by atoms with E-state index in [0.29, 0.717) is 0 Å². The average molecular weight is 205 g/mol. The largest absolute Gasteiger partial charge is 0.296 e. The van der Waals surface area contributed by atoms with Crippen LogP contribution in [0.2, 0.25) is 0 Å². The van der Waals surface area contributed by atoms with E-state index in [2.05, 4.69) is 0 Å². The van der Waals surface area contributed by atoms with E-state index in [-0.39, 0.29) is 11.1 Å². The van der Waals surface area contributed by atoms with E-state index in [1.807, 2.05) is 6.07 Å². The minimum absolute atomic E-state index is 0.0387. The highest BCUT2D eigenvalue weighted by Gasteiger charge is 2.23. The van der Waals surface area contributed by atoms with Crippen molar-refractivity contribution in [2.24, 2.45) is 0 Å². The van der Waals surface area contributed by atoms with Gasteiger partial charge in [0, 0.05) is 5.56 Å². The molecule has 0 radical (unpaired) electrons. The summed E-state index contributed by atoms with van der Waals surface area (Å²) in [4.78, 5) is 22.0. The van der Waals surface area contributed by atoms with Crippen molar-refractivity contribution in [1.82, 2.24) is 0 Å². The minimum atomic E-state index is -2.14. The number of Topliss-reactive ketones (excluding diaryl/α,β-unsaturated/α-hetero) is 2. The van der Waals surface area contributed by atoms with Crippen LogP contribution in [0.5, 0.6) is 0 Å². The van der Waals surface area contributed by atoms with Gasteiger partial charge in [0.05, 0.1) is 11.6 Å². The van der Waals surface area contributed by atoms with Gasteiger partial charge in [-0.05, 0) is 19.1 Å². The van der Waals surface area contributed by atoms with Gasteiger partial charge in [0.25, 0.3) is 0 Å². The van der Waals surface area contributed by atoms with Gasteiger partial charge >= 0.3 is 0 Å². The standard InChI is InChI=1S/C11H8FNO2/c1-7(14)10(12)11(15)9-4-2-3-8(5-9)6-13/h2-5,10H,1H3. The molecule has 1 atom stereocenters. The van der Waals surface area contributed by atoms with Gasteiger partial charge in [0.15, 0.2) is 5.78 Å². The Labute approximate surface area is 86.1 Å². The number of ketones is 2. The monoisotopic (exact) mass is 205 g/mol. The quantitative estimate of drug-likeness (QED) is 0.557. The lowest BCUT2D eigenvalue weighted by atomic mass is 10.0. The Hall–Kier alpha value is -2.02. The van der Waals surface area contributed by atoms with Crippen molar-refractivity contribution in [1.29, 1.82) is 5.26 Å². The maximum Gasteiger partial charge on any atom is 0.220 e. The van der Waals surface area contributed by atoms with Crippen molar-refractivity contribution in [3.8, 4) is 6.07 Å². The number of alkyl halides is 1. The summed E-state index contributed by atoms with van der Waals surface area (Å²) in [6, 6.07) is 7.43. The molecule has 0 spiro atoms. The van der Waals surface area contributed by atoms with Crippen molar-refractivity contribution < 1.29 is 14.0 Å². The topological polar surface area (TPSA) is 57.9 Å². The van der Waals surface area contributed by atoms with Crippen LogP contribution in [0.1, 0.15) is 22.8 Å². The number of halogens is 1. The summed E-state index contributed by atoms with van der Waals surface area (Å²) in [5, 5.41) is 8.57. The third-order valence-corrected chi connectivity index (χ3v) is 1.86. The third kappa shape index (κ3) is 2.47. The van der Waals surface area contributed by atoms with Crippen LogP contribution in [0.4, 0.5) is 4.39 Å². The SMILES string of the molecule is CC(=O)C(F)C(=O)c1cccc(C#N)c1. The fourth-order valence-corrected chi connectivity index (χ4v) is 1.07. The van der Waals surface area contributed by atoms with Crippen molar-refractivity contribution >= 4 is 11.6 Å². The van der Waals surface area contributed by atoms with E-state index >= 15 is 0 Å². The van der Waals surface area contributed by atoms with Gasteiger partial charge < -0.3 is 0 Å². The van der Waals surface area contributed by atoms with Crippen LogP contribution in [0, 0.1) is 11.3 Å². The lowest BCUT2D eigenvalue weighted by Crippen LogP contribution is -2.23. The summed E-state index contributed by atoms with van der Waals surface area (Å²) < 4.78 is 13.1. The molecule has 0 aromatic heterocycles. The molecule has 0 saturated carbocycles. The van der Waals surface area contributed by atoms with Crippen LogP contribution in [0.3, 0.4) is 0 Å². The smallest absolute Gasteiger partial charge is 0.220 e. The molecule has 1 rings (SSSR count). The van der Waals surface area contributed by atoms with Gasteiger partial charge in [0.1, 0.15) is 0 Å². The molecule has 0 saturated heterocycles. The van der Waals surface area contributed by atoms with E-state index in [4.69, 9.17) is 5.26 Å². The molecule has 1 aromatic carbocycles. The van der Waals surface area contributed by atoms with Gasteiger partial charge in [-0.3, -0.25) is 9.59 Å². The lowest BCUT2D eigenvalue weighted by Gasteiger charge is -2.03. The highest BCUT2D eigenvalue weighted by atomic mass is 19.1. The van der Waals surface area contributed by atoms with E-state index in [0.717, 1.165) is 6.92 Å². The molecule has 1 aromatic rings. The van der Waals surface area contributed by atoms with E-state index in [1.165, 1.54) is 24.3 Å². The molecule has 0 heterocycles. The van der Waals surface area contributed by atoms with Crippen molar-refractivity contribution in [3.63, 3.8) is 0 Å². The molecule has 0 aliphatic rings. The van der Waals surface area contributed by atoms with Gasteiger partial charge in [-0.1, -0.05) is 12.1 Å². The van der Waals surface area contributed by atoms with Crippen molar-refractivity contribution in [2.75, 3.05) is 0 Å². The van der Waals surface area contributed by atoms with Crippen molar-refractivity contribution in [2.45, 2.75) is 13.1 Å². The molecule has 76 valence electrons. The van der Waals surface area contributed by atoms with Crippen LogP contribution in [-0.4, -0.2) is 17.7 Å². The minimum Gasteiger partial charge on any atom is -0.296 e. The number of carbonyl (C=O) groups excluding carboxylic acids is 2. The van der Waals surface area contributed by atoms with Crippen LogP contribution < -0.4 is 0 Å². The summed E-state index contributed by atoms with van der Waals surface area (Å²) in [6.45, 7) is 1.01. The molecular weight excluding hydrogens is 197 g/mol. The first-order valence-electron chi connectivity index (χ1n) is 4.25. The van der Waals surface area contributed by atoms with E-state index < -0.39 is 17.7 Å².